The van der Waals surface area contributed by atoms with Crippen LogP contribution in [0.2, 0.25) is 0 Å². The van der Waals surface area contributed by atoms with Crippen molar-refractivity contribution in [1.82, 2.24) is 21.3 Å². The average molecular weight is 385 g/mol. The van der Waals surface area contributed by atoms with Gasteiger partial charge in [0, 0.05) is 6.42 Å². The number of rotatable bonds is 10. The quantitative estimate of drug-likeness (QED) is 0.242. The van der Waals surface area contributed by atoms with Crippen LogP contribution < -0.4 is 27.0 Å². The van der Waals surface area contributed by atoms with Gasteiger partial charge in [0.05, 0.1) is 6.04 Å². The van der Waals surface area contributed by atoms with Crippen molar-refractivity contribution in [3.63, 3.8) is 0 Å². The fraction of sp³-hybridized carbons (Fsp3) is 0.688. The summed E-state index contributed by atoms with van der Waals surface area (Å²) in [5.74, 6) is -3.54. The minimum absolute atomic E-state index is 0.0144. The summed E-state index contributed by atoms with van der Waals surface area (Å²) in [6.45, 7) is 3.38. The Morgan fingerprint density at radius 1 is 1.07 bits per heavy atom. The van der Waals surface area contributed by atoms with Gasteiger partial charge < -0.3 is 32.1 Å². The Kier molecular flexibility index (Phi) is 8.66. The van der Waals surface area contributed by atoms with Crippen molar-refractivity contribution < 1.29 is 29.1 Å². The third-order valence-corrected chi connectivity index (χ3v) is 4.17. The van der Waals surface area contributed by atoms with E-state index in [1.54, 1.807) is 0 Å². The summed E-state index contributed by atoms with van der Waals surface area (Å²) in [6, 6.07) is -3.60. The highest BCUT2D eigenvalue weighted by Crippen LogP contribution is 2.07. The van der Waals surface area contributed by atoms with E-state index in [9.17, 15) is 24.0 Å². The Morgan fingerprint density at radius 2 is 1.70 bits per heavy atom. The molecule has 1 aliphatic rings. The Hall–Kier alpha value is -2.69. The van der Waals surface area contributed by atoms with Crippen LogP contribution in [0.1, 0.15) is 39.5 Å². The van der Waals surface area contributed by atoms with Gasteiger partial charge in [-0.05, 0) is 39.7 Å². The molecule has 4 amide bonds. The number of primary amides is 1. The topological polar surface area (TPSA) is 180 Å². The standard InChI is InChI=1S/C16H27N5O6/c1-8(13(23)20-9(2)16(26)27)19-15(25)11(5-6-12(17)22)21-14(24)10-4-3-7-18-10/h8-11,18H,3-7H2,1-2H3,(H2,17,22)(H,19,25)(H,20,23)(H,21,24)(H,26,27). The molecule has 1 heterocycles. The molecule has 0 spiro atoms. The van der Waals surface area contributed by atoms with Gasteiger partial charge in [-0.3, -0.25) is 24.0 Å². The van der Waals surface area contributed by atoms with Crippen LogP contribution in [0.25, 0.3) is 0 Å². The molecule has 1 rings (SSSR count). The van der Waals surface area contributed by atoms with Crippen molar-refractivity contribution in [2.24, 2.45) is 5.73 Å². The summed E-state index contributed by atoms with van der Waals surface area (Å²) in [7, 11) is 0. The molecule has 4 atom stereocenters. The highest BCUT2D eigenvalue weighted by Gasteiger charge is 2.29. The van der Waals surface area contributed by atoms with Gasteiger partial charge in [0.2, 0.25) is 23.6 Å². The van der Waals surface area contributed by atoms with Crippen molar-refractivity contribution in [3.8, 4) is 0 Å². The largest absolute Gasteiger partial charge is 0.480 e. The second kappa shape index (κ2) is 10.5. The number of hydrogen-bond donors (Lipinski definition) is 6. The first kappa shape index (κ1) is 22.4. The number of hydrogen-bond acceptors (Lipinski definition) is 6. The van der Waals surface area contributed by atoms with Gasteiger partial charge in [0.15, 0.2) is 0 Å². The lowest BCUT2D eigenvalue weighted by atomic mass is 10.1. The molecule has 1 saturated heterocycles. The third kappa shape index (κ3) is 7.60. The number of aliphatic carboxylic acids is 1. The summed E-state index contributed by atoms with van der Waals surface area (Å²) in [5, 5.41) is 19.0. The fourth-order valence-corrected chi connectivity index (χ4v) is 2.52. The SMILES string of the molecule is CC(NC(=O)C(C)NC(=O)C(CCC(N)=O)NC(=O)C1CCCN1)C(=O)O. The number of carboxylic acids is 1. The van der Waals surface area contributed by atoms with Crippen molar-refractivity contribution in [1.29, 1.82) is 0 Å². The zero-order valence-electron chi connectivity index (χ0n) is 15.4. The van der Waals surface area contributed by atoms with Crippen LogP contribution in [0, 0.1) is 0 Å². The first-order valence-corrected chi connectivity index (χ1v) is 8.77. The molecule has 1 aliphatic heterocycles. The minimum atomic E-state index is -1.21. The van der Waals surface area contributed by atoms with Gasteiger partial charge in [-0.1, -0.05) is 0 Å². The van der Waals surface area contributed by atoms with Crippen molar-refractivity contribution in [3.05, 3.63) is 0 Å². The monoisotopic (exact) mass is 385 g/mol. The van der Waals surface area contributed by atoms with Gasteiger partial charge >= 0.3 is 5.97 Å². The molecule has 27 heavy (non-hydrogen) atoms. The second-order valence-corrected chi connectivity index (χ2v) is 6.51. The Bertz CT molecular complexity index is 590. The van der Waals surface area contributed by atoms with E-state index in [1.165, 1.54) is 13.8 Å². The molecule has 0 aromatic heterocycles. The van der Waals surface area contributed by atoms with E-state index in [1.807, 2.05) is 0 Å². The first-order valence-electron chi connectivity index (χ1n) is 8.77. The molecule has 0 bridgehead atoms. The summed E-state index contributed by atoms with van der Waals surface area (Å²) in [5.41, 5.74) is 5.11. The van der Waals surface area contributed by atoms with E-state index < -0.39 is 47.9 Å². The maximum atomic E-state index is 12.4. The van der Waals surface area contributed by atoms with Crippen LogP contribution in [-0.2, 0) is 24.0 Å². The minimum Gasteiger partial charge on any atom is -0.480 e. The van der Waals surface area contributed by atoms with Gasteiger partial charge in [-0.2, -0.15) is 0 Å². The molecule has 4 unspecified atom stereocenters. The van der Waals surface area contributed by atoms with E-state index in [0.29, 0.717) is 13.0 Å². The van der Waals surface area contributed by atoms with Crippen LogP contribution in [0.3, 0.4) is 0 Å². The lowest BCUT2D eigenvalue weighted by Gasteiger charge is -2.22. The smallest absolute Gasteiger partial charge is 0.325 e. The Balaban J connectivity index is 2.67. The lowest BCUT2D eigenvalue weighted by molar-refractivity contribution is -0.141. The molecule has 11 heteroatoms. The summed E-state index contributed by atoms with van der Waals surface area (Å²) >= 11 is 0. The maximum absolute atomic E-state index is 12.4. The Labute approximate surface area is 156 Å². The van der Waals surface area contributed by atoms with Crippen molar-refractivity contribution in [2.45, 2.75) is 63.7 Å². The molecule has 0 aromatic carbocycles. The zero-order valence-corrected chi connectivity index (χ0v) is 15.4. The highest BCUT2D eigenvalue weighted by atomic mass is 16.4. The Morgan fingerprint density at radius 3 is 2.22 bits per heavy atom. The van der Waals surface area contributed by atoms with E-state index in [4.69, 9.17) is 10.8 Å². The van der Waals surface area contributed by atoms with Gasteiger partial charge in [0.25, 0.3) is 0 Å². The molecule has 1 fully saturated rings. The first-order chi connectivity index (χ1) is 12.6. The summed E-state index contributed by atoms with van der Waals surface area (Å²) < 4.78 is 0. The van der Waals surface area contributed by atoms with E-state index in [2.05, 4.69) is 21.3 Å². The summed E-state index contributed by atoms with van der Waals surface area (Å²) in [6.07, 6.45) is 1.35. The van der Waals surface area contributed by atoms with Crippen LogP contribution in [0.4, 0.5) is 0 Å². The number of carboxylic acid groups (broad SMARTS) is 1. The van der Waals surface area contributed by atoms with E-state index >= 15 is 0 Å². The van der Waals surface area contributed by atoms with Gasteiger partial charge in [-0.25, -0.2) is 0 Å². The van der Waals surface area contributed by atoms with Crippen molar-refractivity contribution >= 4 is 29.6 Å². The number of carbonyl (C=O) groups excluding carboxylic acids is 4. The molecular weight excluding hydrogens is 358 g/mol. The molecule has 0 aliphatic carbocycles. The maximum Gasteiger partial charge on any atom is 0.325 e. The van der Waals surface area contributed by atoms with Crippen LogP contribution >= 0.6 is 0 Å². The predicted molar refractivity (Wildman–Crippen MR) is 94.2 cm³/mol. The molecule has 0 aromatic rings. The molecule has 11 nitrogen and oxygen atoms in total. The number of carbonyl (C=O) groups is 5. The van der Waals surface area contributed by atoms with Gasteiger partial charge in [0.1, 0.15) is 18.1 Å². The number of amides is 4. The molecule has 7 N–H and O–H groups in total. The lowest BCUT2D eigenvalue weighted by Crippen LogP contribution is -2.56. The van der Waals surface area contributed by atoms with Crippen LogP contribution in [-0.4, -0.2) is 65.4 Å². The molecule has 152 valence electrons. The summed E-state index contributed by atoms with van der Waals surface area (Å²) in [4.78, 5) is 58.4. The average Bonchev–Trinajstić information content (AvgIpc) is 3.12. The van der Waals surface area contributed by atoms with Crippen LogP contribution in [0.5, 0.6) is 0 Å². The molecular formula is C16H27N5O6. The zero-order chi connectivity index (χ0) is 20.6. The number of nitrogens with one attached hydrogen (secondary N) is 4. The van der Waals surface area contributed by atoms with Crippen molar-refractivity contribution in [2.75, 3.05) is 6.54 Å². The predicted octanol–water partition coefficient (Wildman–Crippen LogP) is -2.42. The molecule has 0 saturated carbocycles. The second-order valence-electron chi connectivity index (χ2n) is 6.51. The number of nitrogens with two attached hydrogens (primary N) is 1. The van der Waals surface area contributed by atoms with E-state index in [-0.39, 0.29) is 18.7 Å². The normalized spacial score (nSPS) is 19.4. The fourth-order valence-electron chi connectivity index (χ4n) is 2.52. The third-order valence-electron chi connectivity index (χ3n) is 4.17. The van der Waals surface area contributed by atoms with Gasteiger partial charge in [-0.15, -0.1) is 0 Å². The van der Waals surface area contributed by atoms with E-state index in [0.717, 1.165) is 6.42 Å². The van der Waals surface area contributed by atoms with Crippen LogP contribution in [0.15, 0.2) is 0 Å². The molecule has 0 radical (unpaired) electrons. The highest BCUT2D eigenvalue weighted by molar-refractivity contribution is 5.94.